The number of hydrogen-bond donors (Lipinski definition) is 1. The molecule has 0 unspecified atom stereocenters. The molecule has 1 heterocycles. The lowest BCUT2D eigenvalue weighted by molar-refractivity contribution is -0.143. The lowest BCUT2D eigenvalue weighted by Gasteiger charge is -2.25. The smallest absolute Gasteiger partial charge is 0.251 e. The number of likely N-dealkylation sites (N-methyl/N-ethyl adjacent to an activating group) is 1. The van der Waals surface area contributed by atoms with Crippen molar-refractivity contribution in [2.24, 2.45) is 11.7 Å². The zero-order valence-corrected chi connectivity index (χ0v) is 11.8. The maximum absolute atomic E-state index is 12.1. The fourth-order valence-electron chi connectivity index (χ4n) is 2.08. The van der Waals surface area contributed by atoms with E-state index in [0.29, 0.717) is 12.5 Å². The minimum Gasteiger partial charge on any atom is -0.364 e. The molecule has 0 aromatic heterocycles. The minimum absolute atomic E-state index is 0. The highest BCUT2D eigenvalue weighted by atomic mass is 35.5. The van der Waals surface area contributed by atoms with Crippen molar-refractivity contribution in [1.29, 1.82) is 0 Å². The molecule has 4 nitrogen and oxygen atoms in total. The quantitative estimate of drug-likeness (QED) is 0.817. The van der Waals surface area contributed by atoms with Gasteiger partial charge in [-0.2, -0.15) is 0 Å². The van der Waals surface area contributed by atoms with E-state index in [0.717, 1.165) is 25.9 Å². The number of hydrogen-bond acceptors (Lipinski definition) is 3. The SMILES string of the molecule is CCN(CC(C)C)C(=O)[C@@H]1CC[C@H](CN)O1.Cl. The van der Waals surface area contributed by atoms with Crippen LogP contribution >= 0.6 is 12.4 Å². The Morgan fingerprint density at radius 3 is 2.53 bits per heavy atom. The Labute approximate surface area is 110 Å². The van der Waals surface area contributed by atoms with Crippen LogP contribution < -0.4 is 5.73 Å². The van der Waals surface area contributed by atoms with Gasteiger partial charge in [0.05, 0.1) is 6.10 Å². The van der Waals surface area contributed by atoms with E-state index in [1.807, 2.05) is 11.8 Å². The zero-order valence-electron chi connectivity index (χ0n) is 11.0. The monoisotopic (exact) mass is 264 g/mol. The number of nitrogens with zero attached hydrogens (tertiary/aromatic N) is 1. The first-order valence-electron chi connectivity index (χ1n) is 6.22. The fourth-order valence-corrected chi connectivity index (χ4v) is 2.08. The molecule has 0 aromatic rings. The molecule has 0 aromatic carbocycles. The van der Waals surface area contributed by atoms with Crippen LogP contribution in [0.1, 0.15) is 33.6 Å². The van der Waals surface area contributed by atoms with Gasteiger partial charge in [-0.25, -0.2) is 0 Å². The molecule has 1 fully saturated rings. The van der Waals surface area contributed by atoms with Crippen molar-refractivity contribution < 1.29 is 9.53 Å². The van der Waals surface area contributed by atoms with Crippen molar-refractivity contribution >= 4 is 18.3 Å². The van der Waals surface area contributed by atoms with Gasteiger partial charge in [0.2, 0.25) is 0 Å². The minimum atomic E-state index is -0.257. The van der Waals surface area contributed by atoms with Crippen LogP contribution in [0.3, 0.4) is 0 Å². The van der Waals surface area contributed by atoms with Crippen LogP contribution in [0.15, 0.2) is 0 Å². The van der Waals surface area contributed by atoms with Gasteiger partial charge in [0.1, 0.15) is 6.10 Å². The van der Waals surface area contributed by atoms with Crippen molar-refractivity contribution in [3.8, 4) is 0 Å². The highest BCUT2D eigenvalue weighted by molar-refractivity contribution is 5.85. The molecule has 2 N–H and O–H groups in total. The van der Waals surface area contributed by atoms with Crippen LogP contribution in [-0.4, -0.2) is 42.6 Å². The summed E-state index contributed by atoms with van der Waals surface area (Å²) in [7, 11) is 0. The molecule has 0 spiro atoms. The molecule has 1 amide bonds. The predicted octanol–water partition coefficient (Wildman–Crippen LogP) is 1.42. The van der Waals surface area contributed by atoms with Gasteiger partial charge in [-0.15, -0.1) is 12.4 Å². The molecule has 0 radical (unpaired) electrons. The van der Waals surface area contributed by atoms with Gasteiger partial charge in [-0.1, -0.05) is 13.8 Å². The third-order valence-electron chi connectivity index (χ3n) is 2.92. The topological polar surface area (TPSA) is 55.6 Å². The van der Waals surface area contributed by atoms with E-state index in [1.54, 1.807) is 0 Å². The van der Waals surface area contributed by atoms with Crippen molar-refractivity contribution in [3.63, 3.8) is 0 Å². The number of carbonyl (C=O) groups is 1. The Balaban J connectivity index is 0.00000256. The van der Waals surface area contributed by atoms with Crippen LogP contribution in [0, 0.1) is 5.92 Å². The van der Waals surface area contributed by atoms with E-state index in [1.165, 1.54) is 0 Å². The van der Waals surface area contributed by atoms with Crippen molar-refractivity contribution in [2.75, 3.05) is 19.6 Å². The lowest BCUT2D eigenvalue weighted by atomic mass is 10.1. The highest BCUT2D eigenvalue weighted by Gasteiger charge is 2.32. The Hall–Kier alpha value is -0.320. The van der Waals surface area contributed by atoms with Crippen LogP contribution in [0.25, 0.3) is 0 Å². The maximum atomic E-state index is 12.1. The molecule has 1 aliphatic rings. The third-order valence-corrected chi connectivity index (χ3v) is 2.92. The van der Waals surface area contributed by atoms with Crippen molar-refractivity contribution in [1.82, 2.24) is 4.90 Å². The second-order valence-electron chi connectivity index (χ2n) is 4.83. The average molecular weight is 265 g/mol. The summed E-state index contributed by atoms with van der Waals surface area (Å²) in [6, 6.07) is 0. The summed E-state index contributed by atoms with van der Waals surface area (Å²) in [4.78, 5) is 14.0. The predicted molar refractivity (Wildman–Crippen MR) is 71.3 cm³/mol. The Morgan fingerprint density at radius 1 is 1.47 bits per heavy atom. The fraction of sp³-hybridized carbons (Fsp3) is 0.917. The number of carbonyl (C=O) groups excluding carboxylic acids is 1. The van der Waals surface area contributed by atoms with Gasteiger partial charge in [0, 0.05) is 19.6 Å². The Morgan fingerprint density at radius 2 is 2.12 bits per heavy atom. The molecule has 5 heteroatoms. The maximum Gasteiger partial charge on any atom is 0.251 e. The molecule has 0 saturated carbocycles. The van der Waals surface area contributed by atoms with E-state index < -0.39 is 0 Å². The highest BCUT2D eigenvalue weighted by Crippen LogP contribution is 2.21. The summed E-state index contributed by atoms with van der Waals surface area (Å²) in [5.74, 6) is 0.628. The summed E-state index contributed by atoms with van der Waals surface area (Å²) in [5, 5.41) is 0. The first-order chi connectivity index (χ1) is 7.58. The second kappa shape index (κ2) is 7.90. The number of ether oxygens (including phenoxy) is 1. The molecule has 1 saturated heterocycles. The molecular formula is C12H25ClN2O2. The third kappa shape index (κ3) is 4.82. The average Bonchev–Trinajstić information content (AvgIpc) is 2.73. The van der Waals surface area contributed by atoms with E-state index in [-0.39, 0.29) is 30.5 Å². The van der Waals surface area contributed by atoms with Gasteiger partial charge in [0.25, 0.3) is 5.91 Å². The summed E-state index contributed by atoms with van der Waals surface area (Å²) < 4.78 is 5.62. The van der Waals surface area contributed by atoms with Gasteiger partial charge in [-0.3, -0.25) is 4.79 Å². The summed E-state index contributed by atoms with van der Waals surface area (Å²) in [6.45, 7) is 8.32. The molecule has 0 aliphatic carbocycles. The largest absolute Gasteiger partial charge is 0.364 e. The van der Waals surface area contributed by atoms with Crippen LogP contribution in [0.4, 0.5) is 0 Å². The summed E-state index contributed by atoms with van der Waals surface area (Å²) in [6.07, 6.45) is 1.54. The van der Waals surface area contributed by atoms with Gasteiger partial charge in [0.15, 0.2) is 0 Å². The second-order valence-corrected chi connectivity index (χ2v) is 4.83. The number of amides is 1. The van der Waals surface area contributed by atoms with E-state index >= 15 is 0 Å². The van der Waals surface area contributed by atoms with Gasteiger partial charge < -0.3 is 15.4 Å². The van der Waals surface area contributed by atoms with Crippen LogP contribution in [0.2, 0.25) is 0 Å². The molecule has 1 aliphatic heterocycles. The molecule has 102 valence electrons. The van der Waals surface area contributed by atoms with E-state index in [9.17, 15) is 4.79 Å². The molecule has 2 atom stereocenters. The standard InChI is InChI=1S/C12H24N2O2.ClH/c1-4-14(8-9(2)3)12(15)11-6-5-10(7-13)16-11;/h9-11H,4-8,13H2,1-3H3;1H/t10-,11+;/m1./s1. The zero-order chi connectivity index (χ0) is 12.1. The molecule has 1 rings (SSSR count). The van der Waals surface area contributed by atoms with E-state index in [2.05, 4.69) is 13.8 Å². The first kappa shape index (κ1) is 16.7. The number of halogens is 1. The van der Waals surface area contributed by atoms with Gasteiger partial charge in [-0.05, 0) is 25.7 Å². The van der Waals surface area contributed by atoms with Crippen molar-refractivity contribution in [3.05, 3.63) is 0 Å². The van der Waals surface area contributed by atoms with Crippen molar-refractivity contribution in [2.45, 2.75) is 45.8 Å². The molecule has 0 bridgehead atoms. The number of nitrogens with two attached hydrogens (primary N) is 1. The lowest BCUT2D eigenvalue weighted by Crippen LogP contribution is -2.41. The normalized spacial score (nSPS) is 23.6. The van der Waals surface area contributed by atoms with Crippen LogP contribution in [0.5, 0.6) is 0 Å². The number of rotatable bonds is 5. The summed E-state index contributed by atoms with van der Waals surface area (Å²) >= 11 is 0. The first-order valence-corrected chi connectivity index (χ1v) is 6.22. The Kier molecular flexibility index (Phi) is 7.75. The van der Waals surface area contributed by atoms with Crippen LogP contribution in [-0.2, 0) is 9.53 Å². The molecular weight excluding hydrogens is 240 g/mol. The van der Waals surface area contributed by atoms with E-state index in [4.69, 9.17) is 10.5 Å². The molecule has 17 heavy (non-hydrogen) atoms. The Bertz CT molecular complexity index is 237. The summed E-state index contributed by atoms with van der Waals surface area (Å²) in [5.41, 5.74) is 5.54. The van der Waals surface area contributed by atoms with Gasteiger partial charge >= 0.3 is 0 Å².